The Labute approximate surface area is 172 Å². The molecule has 2 aromatic rings. The second-order valence-electron chi connectivity index (χ2n) is 7.03. The number of carbonyl (C=O) groups is 1. The Hall–Kier alpha value is -1.78. The number of rotatable bonds is 6. The summed E-state index contributed by atoms with van der Waals surface area (Å²) in [6.45, 7) is 0. The van der Waals surface area contributed by atoms with Crippen LogP contribution in [0.15, 0.2) is 29.4 Å². The Morgan fingerprint density at radius 1 is 1.25 bits per heavy atom. The minimum absolute atomic E-state index is 0.0592. The second kappa shape index (κ2) is 7.57. The lowest BCUT2D eigenvalue weighted by Crippen LogP contribution is -2.43. The minimum Gasteiger partial charge on any atom is -0.335 e. The highest BCUT2D eigenvalue weighted by atomic mass is 35.5. The molecule has 1 aliphatic carbocycles. The SMILES string of the molecule is Nn1c(SCC(=O)N(C2CC2)C2CCS(=O)(=O)C2)nnc1-c1ccccc1Cl. The highest BCUT2D eigenvalue weighted by Crippen LogP contribution is 2.33. The Bertz CT molecular complexity index is 1010. The van der Waals surface area contributed by atoms with Crippen LogP contribution in [0.25, 0.3) is 11.4 Å². The van der Waals surface area contributed by atoms with Crippen molar-refractivity contribution >= 4 is 39.1 Å². The highest BCUT2D eigenvalue weighted by molar-refractivity contribution is 7.99. The molecule has 1 saturated carbocycles. The Morgan fingerprint density at radius 3 is 2.64 bits per heavy atom. The summed E-state index contributed by atoms with van der Waals surface area (Å²) in [7, 11) is -3.04. The van der Waals surface area contributed by atoms with E-state index in [2.05, 4.69) is 10.2 Å². The first kappa shape index (κ1) is 19.5. The van der Waals surface area contributed by atoms with E-state index < -0.39 is 9.84 Å². The van der Waals surface area contributed by atoms with Gasteiger partial charge < -0.3 is 10.7 Å². The highest BCUT2D eigenvalue weighted by Gasteiger charge is 2.42. The van der Waals surface area contributed by atoms with Crippen molar-refractivity contribution in [2.24, 2.45) is 0 Å². The standard InChI is InChI=1S/C17H20ClN5O3S2/c18-14-4-2-1-3-13(14)16-20-21-17(23(16)19)27-9-15(24)22(11-5-6-11)12-7-8-28(25,26)10-12/h1-4,11-12H,5-10,19H2. The molecule has 1 aromatic heterocycles. The van der Waals surface area contributed by atoms with Crippen molar-refractivity contribution in [3.05, 3.63) is 29.3 Å². The van der Waals surface area contributed by atoms with E-state index in [1.165, 1.54) is 16.4 Å². The molecule has 2 heterocycles. The van der Waals surface area contributed by atoms with Gasteiger partial charge in [-0.25, -0.2) is 13.1 Å². The van der Waals surface area contributed by atoms with Crippen molar-refractivity contribution in [2.45, 2.75) is 36.5 Å². The summed E-state index contributed by atoms with van der Waals surface area (Å²) in [5.74, 6) is 6.78. The molecule has 1 atom stereocenters. The van der Waals surface area contributed by atoms with Crippen LogP contribution in [0.2, 0.25) is 5.02 Å². The van der Waals surface area contributed by atoms with Crippen LogP contribution in [0, 0.1) is 0 Å². The van der Waals surface area contributed by atoms with Gasteiger partial charge in [0.05, 0.1) is 22.3 Å². The molecule has 2 fully saturated rings. The zero-order valence-corrected chi connectivity index (χ0v) is 17.4. The topological polar surface area (TPSA) is 111 Å². The first-order chi connectivity index (χ1) is 13.4. The maximum Gasteiger partial charge on any atom is 0.233 e. The zero-order chi connectivity index (χ0) is 19.9. The maximum absolute atomic E-state index is 12.8. The monoisotopic (exact) mass is 441 g/mol. The number of amides is 1. The van der Waals surface area contributed by atoms with Crippen molar-refractivity contribution in [2.75, 3.05) is 23.1 Å². The van der Waals surface area contributed by atoms with Crippen LogP contribution >= 0.6 is 23.4 Å². The third-order valence-corrected chi connectivity index (χ3v) is 7.94. The van der Waals surface area contributed by atoms with Crippen LogP contribution in [0.5, 0.6) is 0 Å². The summed E-state index contributed by atoms with van der Waals surface area (Å²) < 4.78 is 24.9. The molecule has 1 aromatic carbocycles. The van der Waals surface area contributed by atoms with Crippen LogP contribution in [0.3, 0.4) is 0 Å². The average molecular weight is 442 g/mol. The molecule has 0 bridgehead atoms. The summed E-state index contributed by atoms with van der Waals surface area (Å²) in [4.78, 5) is 14.6. The quantitative estimate of drug-likeness (QED) is 0.535. The van der Waals surface area contributed by atoms with E-state index in [1.54, 1.807) is 17.0 Å². The molecule has 0 spiro atoms. The molecule has 0 radical (unpaired) electrons. The fourth-order valence-corrected chi connectivity index (χ4v) is 6.11. The number of nitrogens with zero attached hydrogens (tertiary/aromatic N) is 4. The molecule has 4 rings (SSSR count). The molecule has 2 aliphatic rings. The molecular formula is C17H20ClN5O3S2. The average Bonchev–Trinajstić information content (AvgIpc) is 3.32. The lowest BCUT2D eigenvalue weighted by atomic mass is 10.2. The molecule has 2 N–H and O–H groups in total. The number of hydrogen-bond acceptors (Lipinski definition) is 7. The van der Waals surface area contributed by atoms with Gasteiger partial charge in [-0.1, -0.05) is 35.5 Å². The summed E-state index contributed by atoms with van der Waals surface area (Å²) in [6, 6.07) is 7.11. The number of aromatic nitrogens is 3. The van der Waals surface area contributed by atoms with Crippen molar-refractivity contribution in [3.8, 4) is 11.4 Å². The number of nitrogen functional groups attached to an aromatic ring is 1. The fourth-order valence-electron chi connectivity index (χ4n) is 3.46. The molecule has 150 valence electrons. The summed E-state index contributed by atoms with van der Waals surface area (Å²) in [6.07, 6.45) is 2.37. The van der Waals surface area contributed by atoms with E-state index in [1.807, 2.05) is 12.1 Å². The fraction of sp³-hybridized carbons (Fsp3) is 0.471. The van der Waals surface area contributed by atoms with Crippen LogP contribution < -0.4 is 5.84 Å². The zero-order valence-electron chi connectivity index (χ0n) is 15.0. The third-order valence-electron chi connectivity index (χ3n) is 4.93. The van der Waals surface area contributed by atoms with Crippen molar-refractivity contribution in [1.29, 1.82) is 0 Å². The van der Waals surface area contributed by atoms with Crippen LogP contribution in [0.4, 0.5) is 0 Å². The van der Waals surface area contributed by atoms with Crippen LogP contribution in [-0.4, -0.2) is 63.4 Å². The Morgan fingerprint density at radius 2 is 2.00 bits per heavy atom. The number of carbonyl (C=O) groups excluding carboxylic acids is 1. The molecule has 28 heavy (non-hydrogen) atoms. The largest absolute Gasteiger partial charge is 0.335 e. The first-order valence-electron chi connectivity index (χ1n) is 8.95. The van der Waals surface area contributed by atoms with Gasteiger partial charge in [0, 0.05) is 17.6 Å². The summed E-state index contributed by atoms with van der Waals surface area (Å²) in [5, 5.41) is 9.07. The van der Waals surface area contributed by atoms with E-state index in [-0.39, 0.29) is 35.2 Å². The van der Waals surface area contributed by atoms with Gasteiger partial charge in [0.25, 0.3) is 0 Å². The van der Waals surface area contributed by atoms with Crippen molar-refractivity contribution in [3.63, 3.8) is 0 Å². The van der Waals surface area contributed by atoms with E-state index >= 15 is 0 Å². The number of halogens is 1. The summed E-state index contributed by atoms with van der Waals surface area (Å²) >= 11 is 7.38. The van der Waals surface area contributed by atoms with Gasteiger partial charge in [-0.3, -0.25) is 4.79 Å². The van der Waals surface area contributed by atoms with E-state index in [4.69, 9.17) is 17.4 Å². The normalized spacial score (nSPS) is 21.0. The number of nitrogens with two attached hydrogens (primary N) is 1. The number of benzene rings is 1. The van der Waals surface area contributed by atoms with Gasteiger partial charge in [0.1, 0.15) is 0 Å². The molecule has 1 amide bonds. The first-order valence-corrected chi connectivity index (χ1v) is 12.1. The summed E-state index contributed by atoms with van der Waals surface area (Å²) in [5.41, 5.74) is 0.660. The molecule has 11 heteroatoms. The molecule has 1 saturated heterocycles. The maximum atomic E-state index is 12.8. The molecular weight excluding hydrogens is 422 g/mol. The lowest BCUT2D eigenvalue weighted by molar-refractivity contribution is -0.130. The Balaban J connectivity index is 1.45. The van der Waals surface area contributed by atoms with Gasteiger partial charge in [0.15, 0.2) is 15.7 Å². The predicted octanol–water partition coefficient (Wildman–Crippen LogP) is 1.58. The van der Waals surface area contributed by atoms with Crippen LogP contribution in [-0.2, 0) is 14.6 Å². The van der Waals surface area contributed by atoms with Gasteiger partial charge in [-0.15, -0.1) is 10.2 Å². The van der Waals surface area contributed by atoms with E-state index in [9.17, 15) is 13.2 Å². The van der Waals surface area contributed by atoms with Gasteiger partial charge in [-0.05, 0) is 31.4 Å². The smallest absolute Gasteiger partial charge is 0.233 e. The predicted molar refractivity (Wildman–Crippen MR) is 108 cm³/mol. The van der Waals surface area contributed by atoms with Crippen LogP contribution in [0.1, 0.15) is 19.3 Å². The third kappa shape index (κ3) is 3.99. The van der Waals surface area contributed by atoms with Crippen molar-refractivity contribution in [1.82, 2.24) is 19.8 Å². The number of thioether (sulfide) groups is 1. The van der Waals surface area contributed by atoms with Crippen molar-refractivity contribution < 1.29 is 13.2 Å². The van der Waals surface area contributed by atoms with E-state index in [0.717, 1.165) is 12.8 Å². The van der Waals surface area contributed by atoms with Gasteiger partial charge in [-0.2, -0.15) is 0 Å². The molecule has 1 unspecified atom stereocenters. The second-order valence-corrected chi connectivity index (χ2v) is 10.6. The van der Waals surface area contributed by atoms with Gasteiger partial charge >= 0.3 is 0 Å². The van der Waals surface area contributed by atoms with Gasteiger partial charge in [0.2, 0.25) is 11.1 Å². The minimum atomic E-state index is -3.04. The molecule has 1 aliphatic heterocycles. The number of sulfone groups is 1. The molecule has 8 nitrogen and oxygen atoms in total. The number of hydrogen-bond donors (Lipinski definition) is 1. The lowest BCUT2D eigenvalue weighted by Gasteiger charge is -2.28. The Kier molecular flexibility index (Phi) is 5.28. The van der Waals surface area contributed by atoms with E-state index in [0.29, 0.717) is 28.0 Å².